The Balaban J connectivity index is 2.07. The molecule has 0 atom stereocenters. The number of aryl methyl sites for hydroxylation is 1. The molecule has 0 amide bonds. The topological polar surface area (TPSA) is 71.5 Å². The number of nitrogens with one attached hydrogen (secondary N) is 1. The van der Waals surface area contributed by atoms with Crippen molar-refractivity contribution in [1.29, 1.82) is 0 Å². The predicted molar refractivity (Wildman–Crippen MR) is 62.6 cm³/mol. The molecule has 2 aromatic rings. The molecule has 1 aliphatic carbocycles. The summed E-state index contributed by atoms with van der Waals surface area (Å²) in [5, 5.41) is 0. The van der Waals surface area contributed by atoms with Gasteiger partial charge < -0.3 is 4.98 Å². The van der Waals surface area contributed by atoms with Crippen molar-refractivity contribution in [2.24, 2.45) is 0 Å². The highest BCUT2D eigenvalue weighted by Crippen LogP contribution is 2.38. The summed E-state index contributed by atoms with van der Waals surface area (Å²) in [4.78, 5) is 27.0. The normalized spacial score (nSPS) is 14.9. The minimum absolute atomic E-state index is 0.138. The van der Waals surface area contributed by atoms with E-state index in [1.807, 2.05) is 6.92 Å². The third kappa shape index (κ3) is 2.08. The summed E-state index contributed by atoms with van der Waals surface area (Å²) in [6.45, 7) is 1.92. The Morgan fingerprint density at radius 1 is 1.29 bits per heavy atom. The SMILES string of the molecule is Cc1cnc(-c2nc(C3CC3)cc(=O)[nH]2)nc1. The monoisotopic (exact) mass is 228 g/mol. The molecule has 1 saturated carbocycles. The van der Waals surface area contributed by atoms with Crippen molar-refractivity contribution in [3.63, 3.8) is 0 Å². The average Bonchev–Trinajstić information content (AvgIpc) is 3.13. The lowest BCUT2D eigenvalue weighted by Gasteiger charge is -2.02. The van der Waals surface area contributed by atoms with Crippen molar-refractivity contribution in [1.82, 2.24) is 19.9 Å². The van der Waals surface area contributed by atoms with Crippen molar-refractivity contribution in [2.75, 3.05) is 0 Å². The molecule has 0 saturated heterocycles. The molecule has 0 unspecified atom stereocenters. The first-order valence-electron chi connectivity index (χ1n) is 5.62. The van der Waals surface area contributed by atoms with Crippen LogP contribution in [0.15, 0.2) is 23.3 Å². The van der Waals surface area contributed by atoms with E-state index in [2.05, 4.69) is 19.9 Å². The van der Waals surface area contributed by atoms with Gasteiger partial charge in [0.1, 0.15) is 0 Å². The zero-order chi connectivity index (χ0) is 11.8. The number of hydrogen-bond acceptors (Lipinski definition) is 4. The van der Waals surface area contributed by atoms with E-state index in [0.717, 1.165) is 24.1 Å². The van der Waals surface area contributed by atoms with Gasteiger partial charge in [-0.05, 0) is 25.3 Å². The maximum absolute atomic E-state index is 11.5. The van der Waals surface area contributed by atoms with Gasteiger partial charge >= 0.3 is 0 Å². The summed E-state index contributed by atoms with van der Waals surface area (Å²) in [6.07, 6.45) is 5.66. The van der Waals surface area contributed by atoms with Crippen molar-refractivity contribution in [3.8, 4) is 11.6 Å². The van der Waals surface area contributed by atoms with Crippen LogP contribution >= 0.6 is 0 Å². The number of hydrogen-bond donors (Lipinski definition) is 1. The smallest absolute Gasteiger partial charge is 0.251 e. The Hall–Kier alpha value is -2.04. The van der Waals surface area contributed by atoms with Crippen LogP contribution in [-0.4, -0.2) is 19.9 Å². The van der Waals surface area contributed by atoms with Crippen molar-refractivity contribution in [3.05, 3.63) is 40.1 Å². The Bertz CT molecular complexity index is 599. The molecule has 2 aromatic heterocycles. The van der Waals surface area contributed by atoms with E-state index >= 15 is 0 Å². The Kier molecular flexibility index (Phi) is 2.24. The van der Waals surface area contributed by atoms with E-state index in [1.165, 1.54) is 0 Å². The van der Waals surface area contributed by atoms with Crippen molar-refractivity contribution < 1.29 is 0 Å². The van der Waals surface area contributed by atoms with E-state index in [4.69, 9.17) is 0 Å². The van der Waals surface area contributed by atoms with Gasteiger partial charge in [-0.1, -0.05) is 0 Å². The lowest BCUT2D eigenvalue weighted by molar-refractivity contribution is 0.956. The summed E-state index contributed by atoms with van der Waals surface area (Å²) < 4.78 is 0. The fraction of sp³-hybridized carbons (Fsp3) is 0.333. The van der Waals surface area contributed by atoms with E-state index in [0.29, 0.717) is 17.6 Å². The average molecular weight is 228 g/mol. The van der Waals surface area contributed by atoms with E-state index in [1.54, 1.807) is 18.5 Å². The zero-order valence-corrected chi connectivity index (χ0v) is 9.47. The van der Waals surface area contributed by atoms with Crippen LogP contribution in [0.4, 0.5) is 0 Å². The minimum Gasteiger partial charge on any atom is -0.304 e. The van der Waals surface area contributed by atoms with Gasteiger partial charge in [0.15, 0.2) is 11.6 Å². The number of H-pyrrole nitrogens is 1. The number of rotatable bonds is 2. The molecular weight excluding hydrogens is 216 g/mol. The van der Waals surface area contributed by atoms with Crippen LogP contribution in [0.2, 0.25) is 0 Å². The molecule has 5 nitrogen and oxygen atoms in total. The third-order valence-electron chi connectivity index (χ3n) is 2.75. The Morgan fingerprint density at radius 3 is 2.65 bits per heavy atom. The van der Waals surface area contributed by atoms with Crippen LogP contribution in [0.3, 0.4) is 0 Å². The molecule has 0 aliphatic heterocycles. The molecule has 0 spiro atoms. The lowest BCUT2D eigenvalue weighted by atomic mass is 10.3. The summed E-state index contributed by atoms with van der Waals surface area (Å²) >= 11 is 0. The molecule has 17 heavy (non-hydrogen) atoms. The van der Waals surface area contributed by atoms with Gasteiger partial charge in [0.25, 0.3) is 5.56 Å². The molecule has 3 rings (SSSR count). The molecule has 86 valence electrons. The van der Waals surface area contributed by atoms with Gasteiger partial charge in [0.2, 0.25) is 0 Å². The molecule has 5 heteroatoms. The van der Waals surface area contributed by atoms with Crippen LogP contribution in [0.1, 0.15) is 30.0 Å². The second-order valence-electron chi connectivity index (χ2n) is 4.38. The van der Waals surface area contributed by atoms with Crippen LogP contribution in [0.5, 0.6) is 0 Å². The van der Waals surface area contributed by atoms with Gasteiger partial charge in [-0.3, -0.25) is 4.79 Å². The molecule has 1 N–H and O–H groups in total. The molecule has 0 bridgehead atoms. The predicted octanol–water partition coefficient (Wildman–Crippen LogP) is 1.41. The maximum atomic E-state index is 11.5. The number of aromatic amines is 1. The Morgan fingerprint density at radius 2 is 2.00 bits per heavy atom. The van der Waals surface area contributed by atoms with E-state index in [-0.39, 0.29) is 5.56 Å². The van der Waals surface area contributed by atoms with Gasteiger partial charge in [-0.25, -0.2) is 15.0 Å². The Labute approximate surface area is 98.0 Å². The quantitative estimate of drug-likeness (QED) is 0.843. The fourth-order valence-corrected chi connectivity index (χ4v) is 1.69. The largest absolute Gasteiger partial charge is 0.304 e. The fourth-order valence-electron chi connectivity index (χ4n) is 1.69. The van der Waals surface area contributed by atoms with Crippen LogP contribution in [0.25, 0.3) is 11.6 Å². The van der Waals surface area contributed by atoms with Gasteiger partial charge in [-0.2, -0.15) is 0 Å². The highest BCUT2D eigenvalue weighted by atomic mass is 16.1. The highest BCUT2D eigenvalue weighted by molar-refractivity contribution is 5.42. The first-order valence-corrected chi connectivity index (χ1v) is 5.62. The maximum Gasteiger partial charge on any atom is 0.251 e. The minimum atomic E-state index is -0.138. The molecular formula is C12H12N4O. The molecule has 0 radical (unpaired) electrons. The number of aromatic nitrogens is 4. The lowest BCUT2D eigenvalue weighted by Crippen LogP contribution is -2.11. The first-order chi connectivity index (χ1) is 8.22. The second-order valence-corrected chi connectivity index (χ2v) is 4.38. The zero-order valence-electron chi connectivity index (χ0n) is 9.47. The molecule has 1 aliphatic rings. The van der Waals surface area contributed by atoms with Gasteiger partial charge in [0.05, 0.1) is 5.69 Å². The summed E-state index contributed by atoms with van der Waals surface area (Å²) in [5.41, 5.74) is 1.70. The summed E-state index contributed by atoms with van der Waals surface area (Å²) in [5.74, 6) is 1.37. The summed E-state index contributed by atoms with van der Waals surface area (Å²) in [6, 6.07) is 1.56. The summed E-state index contributed by atoms with van der Waals surface area (Å²) in [7, 11) is 0. The molecule has 1 fully saturated rings. The first kappa shape index (κ1) is 10.1. The van der Waals surface area contributed by atoms with Gasteiger partial charge in [-0.15, -0.1) is 0 Å². The number of nitrogens with zero attached hydrogens (tertiary/aromatic N) is 3. The molecule has 2 heterocycles. The van der Waals surface area contributed by atoms with Crippen LogP contribution in [0, 0.1) is 6.92 Å². The van der Waals surface area contributed by atoms with E-state index in [9.17, 15) is 4.79 Å². The van der Waals surface area contributed by atoms with Crippen LogP contribution < -0.4 is 5.56 Å². The molecule has 0 aromatic carbocycles. The van der Waals surface area contributed by atoms with Gasteiger partial charge in [0, 0.05) is 24.4 Å². The highest BCUT2D eigenvalue weighted by Gasteiger charge is 2.26. The third-order valence-corrected chi connectivity index (χ3v) is 2.75. The van der Waals surface area contributed by atoms with E-state index < -0.39 is 0 Å². The van der Waals surface area contributed by atoms with Crippen LogP contribution in [-0.2, 0) is 0 Å². The second kappa shape index (κ2) is 3.76. The van der Waals surface area contributed by atoms with Crippen molar-refractivity contribution >= 4 is 0 Å². The standard InChI is InChI=1S/C12H12N4O/c1-7-5-13-11(14-6-7)12-15-9(8-2-3-8)4-10(17)16-12/h4-6,8H,2-3H2,1H3,(H,15,16,17). The van der Waals surface area contributed by atoms with Crippen molar-refractivity contribution in [2.45, 2.75) is 25.7 Å².